The van der Waals surface area contributed by atoms with Gasteiger partial charge in [-0.15, -0.1) is 0 Å². The maximum absolute atomic E-state index is 12.6. The van der Waals surface area contributed by atoms with Crippen LogP contribution in [-0.4, -0.2) is 26.2 Å². The Kier molecular flexibility index (Phi) is 4.91. The maximum atomic E-state index is 12.6. The highest BCUT2D eigenvalue weighted by atomic mass is 32.2. The Morgan fingerprint density at radius 2 is 1.95 bits per heavy atom. The molecule has 5 nitrogen and oxygen atoms in total. The summed E-state index contributed by atoms with van der Waals surface area (Å²) in [6.45, 7) is 3.65. The van der Waals surface area contributed by atoms with Crippen molar-refractivity contribution in [1.82, 2.24) is 4.72 Å². The lowest BCUT2D eigenvalue weighted by Crippen LogP contribution is -2.43. The number of benzene rings is 1. The zero-order valence-corrected chi connectivity index (χ0v) is 13.4. The molecule has 2 atom stereocenters. The van der Waals surface area contributed by atoms with Crippen molar-refractivity contribution < 1.29 is 13.5 Å². The molecule has 1 aromatic carbocycles. The number of hydrogen-bond donors (Lipinski definition) is 3. The number of aryl methyl sites for hydroxylation is 1. The van der Waals surface area contributed by atoms with E-state index in [0.29, 0.717) is 11.3 Å². The van der Waals surface area contributed by atoms with Crippen LogP contribution in [0.15, 0.2) is 17.0 Å². The summed E-state index contributed by atoms with van der Waals surface area (Å²) in [7, 11) is -3.62. The average Bonchev–Trinajstić information content (AvgIpc) is 2.43. The van der Waals surface area contributed by atoms with Crippen molar-refractivity contribution in [3.8, 4) is 0 Å². The number of sulfonamides is 1. The number of hydrogen-bond acceptors (Lipinski definition) is 4. The summed E-state index contributed by atoms with van der Waals surface area (Å²) < 4.78 is 28.0. The first-order valence-corrected chi connectivity index (χ1v) is 8.83. The third-order valence-corrected chi connectivity index (χ3v) is 6.00. The third-order valence-electron chi connectivity index (χ3n) is 4.38. The molecule has 0 aromatic heterocycles. The fraction of sp³-hybridized carbons (Fsp3) is 0.600. The molecule has 0 saturated heterocycles. The van der Waals surface area contributed by atoms with Crippen LogP contribution < -0.4 is 10.5 Å². The Labute approximate surface area is 126 Å². The molecule has 2 unspecified atom stereocenters. The van der Waals surface area contributed by atoms with Gasteiger partial charge in [0.1, 0.15) is 0 Å². The van der Waals surface area contributed by atoms with Gasteiger partial charge in [-0.3, -0.25) is 0 Å². The van der Waals surface area contributed by atoms with Gasteiger partial charge in [0.15, 0.2) is 0 Å². The highest BCUT2D eigenvalue weighted by Crippen LogP contribution is 2.27. The molecule has 1 aliphatic carbocycles. The zero-order valence-electron chi connectivity index (χ0n) is 12.6. The first kappa shape index (κ1) is 16.3. The van der Waals surface area contributed by atoms with E-state index in [1.807, 2.05) is 6.92 Å². The molecule has 0 aliphatic heterocycles. The first-order chi connectivity index (χ1) is 9.85. The van der Waals surface area contributed by atoms with Gasteiger partial charge in [0.25, 0.3) is 0 Å². The van der Waals surface area contributed by atoms with Crippen molar-refractivity contribution in [3.63, 3.8) is 0 Å². The van der Waals surface area contributed by atoms with E-state index in [2.05, 4.69) is 4.72 Å². The molecule has 118 valence electrons. The van der Waals surface area contributed by atoms with Crippen LogP contribution in [0, 0.1) is 19.8 Å². The molecule has 1 fully saturated rings. The van der Waals surface area contributed by atoms with Crippen molar-refractivity contribution in [1.29, 1.82) is 0 Å². The molecule has 1 saturated carbocycles. The topological polar surface area (TPSA) is 92.4 Å². The molecule has 0 radical (unpaired) electrons. The van der Waals surface area contributed by atoms with Crippen LogP contribution in [0.4, 0.5) is 5.69 Å². The van der Waals surface area contributed by atoms with Gasteiger partial charge >= 0.3 is 0 Å². The fourth-order valence-electron chi connectivity index (χ4n) is 2.98. The van der Waals surface area contributed by atoms with Gasteiger partial charge in [-0.05, 0) is 55.9 Å². The van der Waals surface area contributed by atoms with Gasteiger partial charge in [-0.1, -0.05) is 12.8 Å². The fourth-order valence-corrected chi connectivity index (χ4v) is 4.67. The van der Waals surface area contributed by atoms with Gasteiger partial charge < -0.3 is 10.8 Å². The standard InChI is InChI=1S/C15H24N2O3S/c1-10-7-13(16)8-15(11(10)2)21(19,20)17-14-6-4-3-5-12(14)9-18/h7-8,12,14,17-18H,3-6,9,16H2,1-2H3. The Balaban J connectivity index is 2.30. The van der Waals surface area contributed by atoms with E-state index >= 15 is 0 Å². The average molecular weight is 312 g/mol. The van der Waals surface area contributed by atoms with Crippen LogP contribution in [-0.2, 0) is 10.0 Å². The van der Waals surface area contributed by atoms with E-state index in [1.165, 1.54) is 6.07 Å². The predicted octanol–water partition coefficient (Wildman–Crippen LogP) is 1.72. The Morgan fingerprint density at radius 1 is 1.29 bits per heavy atom. The third kappa shape index (κ3) is 3.56. The summed E-state index contributed by atoms with van der Waals surface area (Å²) in [4.78, 5) is 0.238. The molecule has 0 heterocycles. The highest BCUT2D eigenvalue weighted by molar-refractivity contribution is 7.89. The normalized spacial score (nSPS) is 23.2. The second-order valence-corrected chi connectivity index (χ2v) is 7.60. The summed E-state index contributed by atoms with van der Waals surface area (Å²) >= 11 is 0. The molecule has 1 aromatic rings. The van der Waals surface area contributed by atoms with Gasteiger partial charge in [0.05, 0.1) is 4.90 Å². The van der Waals surface area contributed by atoms with Crippen LogP contribution >= 0.6 is 0 Å². The smallest absolute Gasteiger partial charge is 0.241 e. The van der Waals surface area contributed by atoms with E-state index in [-0.39, 0.29) is 23.5 Å². The van der Waals surface area contributed by atoms with E-state index in [9.17, 15) is 13.5 Å². The summed E-state index contributed by atoms with van der Waals surface area (Å²) in [5, 5.41) is 9.42. The van der Waals surface area contributed by atoms with Crippen molar-refractivity contribution >= 4 is 15.7 Å². The molecule has 0 amide bonds. The van der Waals surface area contributed by atoms with Gasteiger partial charge in [-0.25, -0.2) is 13.1 Å². The van der Waals surface area contributed by atoms with E-state index in [4.69, 9.17) is 5.73 Å². The van der Waals surface area contributed by atoms with Crippen molar-refractivity contribution in [2.24, 2.45) is 5.92 Å². The number of nitrogens with one attached hydrogen (secondary N) is 1. The predicted molar refractivity (Wildman–Crippen MR) is 83.5 cm³/mol. The number of aliphatic hydroxyl groups is 1. The molecule has 4 N–H and O–H groups in total. The quantitative estimate of drug-likeness (QED) is 0.738. The minimum atomic E-state index is -3.62. The molecule has 2 rings (SSSR count). The second-order valence-electron chi connectivity index (χ2n) is 5.92. The van der Waals surface area contributed by atoms with Crippen LogP contribution in [0.5, 0.6) is 0 Å². The van der Waals surface area contributed by atoms with Crippen LogP contribution in [0.2, 0.25) is 0 Å². The molecule has 0 bridgehead atoms. The molecular formula is C15H24N2O3S. The van der Waals surface area contributed by atoms with Crippen LogP contribution in [0.25, 0.3) is 0 Å². The minimum Gasteiger partial charge on any atom is -0.399 e. The van der Waals surface area contributed by atoms with Crippen molar-refractivity contribution in [2.45, 2.75) is 50.5 Å². The largest absolute Gasteiger partial charge is 0.399 e. The van der Waals surface area contributed by atoms with Crippen LogP contribution in [0.3, 0.4) is 0 Å². The zero-order chi connectivity index (χ0) is 15.6. The summed E-state index contributed by atoms with van der Waals surface area (Å²) in [6, 6.07) is 3.07. The number of anilines is 1. The van der Waals surface area contributed by atoms with E-state index < -0.39 is 10.0 Å². The lowest BCUT2D eigenvalue weighted by Gasteiger charge is -2.30. The molecule has 6 heteroatoms. The second kappa shape index (κ2) is 6.34. The molecule has 21 heavy (non-hydrogen) atoms. The SMILES string of the molecule is Cc1cc(N)cc(S(=O)(=O)NC2CCCCC2CO)c1C. The number of aliphatic hydroxyl groups excluding tert-OH is 1. The molecule has 0 spiro atoms. The number of nitrogens with two attached hydrogens (primary N) is 1. The first-order valence-electron chi connectivity index (χ1n) is 7.35. The van der Waals surface area contributed by atoms with Gasteiger partial charge in [-0.2, -0.15) is 0 Å². The lowest BCUT2D eigenvalue weighted by atomic mass is 9.86. The number of nitrogen functional groups attached to an aromatic ring is 1. The van der Waals surface area contributed by atoms with Gasteiger partial charge in [0.2, 0.25) is 10.0 Å². The summed E-state index contributed by atoms with van der Waals surface area (Å²) in [5.74, 6) is -0.00372. The van der Waals surface area contributed by atoms with E-state index in [0.717, 1.165) is 31.2 Å². The molecular weight excluding hydrogens is 288 g/mol. The Hall–Kier alpha value is -1.11. The summed E-state index contributed by atoms with van der Waals surface area (Å²) in [5.41, 5.74) is 7.80. The molecule has 1 aliphatic rings. The lowest BCUT2D eigenvalue weighted by molar-refractivity contribution is 0.164. The minimum absolute atomic E-state index is 0.00372. The number of rotatable bonds is 4. The Bertz CT molecular complexity index is 614. The maximum Gasteiger partial charge on any atom is 0.241 e. The van der Waals surface area contributed by atoms with Crippen molar-refractivity contribution in [2.75, 3.05) is 12.3 Å². The van der Waals surface area contributed by atoms with Crippen molar-refractivity contribution in [3.05, 3.63) is 23.3 Å². The van der Waals surface area contributed by atoms with E-state index in [1.54, 1.807) is 13.0 Å². The Morgan fingerprint density at radius 3 is 2.62 bits per heavy atom. The monoisotopic (exact) mass is 312 g/mol. The van der Waals surface area contributed by atoms with Gasteiger partial charge in [0, 0.05) is 18.3 Å². The highest BCUT2D eigenvalue weighted by Gasteiger charge is 2.30. The van der Waals surface area contributed by atoms with Crippen LogP contribution in [0.1, 0.15) is 36.8 Å². The summed E-state index contributed by atoms with van der Waals surface area (Å²) in [6.07, 6.45) is 3.65.